The van der Waals surface area contributed by atoms with Gasteiger partial charge in [-0.3, -0.25) is 0 Å². The van der Waals surface area contributed by atoms with Gasteiger partial charge in [0.1, 0.15) is 24.7 Å². The highest BCUT2D eigenvalue weighted by Crippen LogP contribution is 2.22. The Kier molecular flexibility index (Phi) is 4.88. The maximum atomic E-state index is 5.88. The highest BCUT2D eigenvalue weighted by Gasteiger charge is 2.00. The monoisotopic (exact) mass is 271 g/mol. The van der Waals surface area contributed by atoms with E-state index in [9.17, 15) is 0 Å². The fraction of sp³-hybridized carbons (Fsp3) is 0.294. The van der Waals surface area contributed by atoms with Crippen LogP contribution < -0.4 is 15.2 Å². The summed E-state index contributed by atoms with van der Waals surface area (Å²) < 4.78 is 11.2. The predicted octanol–water partition coefficient (Wildman–Crippen LogP) is 3.60. The lowest BCUT2D eigenvalue weighted by Crippen LogP contribution is -2.10. The van der Waals surface area contributed by atoms with Gasteiger partial charge in [0.2, 0.25) is 0 Å². The molecule has 2 aromatic carbocycles. The molecule has 0 unspecified atom stereocenters. The van der Waals surface area contributed by atoms with Crippen molar-refractivity contribution in [2.45, 2.75) is 20.3 Å². The normalized spacial score (nSPS) is 10.3. The van der Waals surface area contributed by atoms with Crippen molar-refractivity contribution in [1.29, 1.82) is 0 Å². The van der Waals surface area contributed by atoms with Crippen LogP contribution in [0.5, 0.6) is 11.5 Å². The summed E-state index contributed by atoms with van der Waals surface area (Å²) in [7, 11) is 0. The lowest BCUT2D eigenvalue weighted by atomic mass is 10.2. The van der Waals surface area contributed by atoms with Crippen molar-refractivity contribution >= 4 is 5.69 Å². The largest absolute Gasteiger partial charge is 0.490 e. The molecule has 3 nitrogen and oxygen atoms in total. The maximum Gasteiger partial charge on any atom is 0.142 e. The van der Waals surface area contributed by atoms with Crippen molar-refractivity contribution < 1.29 is 9.47 Å². The van der Waals surface area contributed by atoms with E-state index < -0.39 is 0 Å². The van der Waals surface area contributed by atoms with Crippen molar-refractivity contribution in [3.05, 3.63) is 53.6 Å². The molecule has 0 radical (unpaired) electrons. The number of hydrogen-bond donors (Lipinski definition) is 1. The number of aryl methyl sites for hydroxylation is 2. The third kappa shape index (κ3) is 3.92. The van der Waals surface area contributed by atoms with Crippen molar-refractivity contribution in [2.75, 3.05) is 18.9 Å². The second kappa shape index (κ2) is 6.85. The quantitative estimate of drug-likeness (QED) is 0.645. The first-order valence-corrected chi connectivity index (χ1v) is 6.89. The van der Waals surface area contributed by atoms with E-state index in [1.807, 2.05) is 37.3 Å². The van der Waals surface area contributed by atoms with Crippen LogP contribution in [0.4, 0.5) is 5.69 Å². The zero-order valence-electron chi connectivity index (χ0n) is 12.1. The predicted molar refractivity (Wildman–Crippen MR) is 82.4 cm³/mol. The van der Waals surface area contributed by atoms with E-state index in [1.165, 1.54) is 5.56 Å². The Morgan fingerprint density at radius 2 is 1.65 bits per heavy atom. The maximum absolute atomic E-state index is 5.88. The number of hydrogen-bond acceptors (Lipinski definition) is 3. The molecular formula is C17H21NO2. The fourth-order valence-corrected chi connectivity index (χ4v) is 1.93. The lowest BCUT2D eigenvalue weighted by molar-refractivity contribution is 0.218. The first kappa shape index (κ1) is 14.3. The van der Waals surface area contributed by atoms with Crippen LogP contribution in [0.15, 0.2) is 42.5 Å². The van der Waals surface area contributed by atoms with Crippen molar-refractivity contribution in [2.24, 2.45) is 0 Å². The van der Waals surface area contributed by atoms with Crippen molar-refractivity contribution in [3.63, 3.8) is 0 Å². The van der Waals surface area contributed by atoms with E-state index in [2.05, 4.69) is 19.1 Å². The molecule has 0 spiro atoms. The zero-order valence-corrected chi connectivity index (χ0v) is 12.1. The molecule has 0 aliphatic carbocycles. The highest BCUT2D eigenvalue weighted by atomic mass is 16.5. The van der Waals surface area contributed by atoms with Crippen molar-refractivity contribution in [1.82, 2.24) is 0 Å². The summed E-state index contributed by atoms with van der Waals surface area (Å²) in [6.07, 6.45) is 1.04. The van der Waals surface area contributed by atoms with E-state index in [-0.39, 0.29) is 0 Å². The van der Waals surface area contributed by atoms with Crippen LogP contribution in [-0.2, 0) is 6.42 Å². The summed E-state index contributed by atoms with van der Waals surface area (Å²) in [6.45, 7) is 5.11. The molecule has 0 aliphatic rings. The zero-order chi connectivity index (χ0) is 14.4. The molecule has 3 heteroatoms. The number of nitrogen functional groups attached to an aromatic ring is 1. The summed E-state index contributed by atoms with van der Waals surface area (Å²) in [6, 6.07) is 13.9. The Labute approximate surface area is 120 Å². The number of anilines is 1. The summed E-state index contributed by atoms with van der Waals surface area (Å²) in [5.74, 6) is 1.57. The summed E-state index contributed by atoms with van der Waals surface area (Å²) >= 11 is 0. The van der Waals surface area contributed by atoms with Gasteiger partial charge in [-0.05, 0) is 48.7 Å². The van der Waals surface area contributed by atoms with Gasteiger partial charge in [0.25, 0.3) is 0 Å². The van der Waals surface area contributed by atoms with Gasteiger partial charge in [-0.2, -0.15) is 0 Å². The fourth-order valence-electron chi connectivity index (χ4n) is 1.93. The van der Waals surface area contributed by atoms with E-state index in [0.29, 0.717) is 24.7 Å². The SMILES string of the molecule is CCc1ccc(OCCOc2ccc(C)cc2N)cc1. The molecule has 2 N–H and O–H groups in total. The summed E-state index contributed by atoms with van der Waals surface area (Å²) in [5.41, 5.74) is 8.98. The molecule has 0 aromatic heterocycles. The molecule has 2 rings (SSSR count). The minimum absolute atomic E-state index is 0.475. The van der Waals surface area contributed by atoms with E-state index >= 15 is 0 Å². The molecule has 0 aliphatic heterocycles. The molecule has 0 heterocycles. The second-order valence-corrected chi connectivity index (χ2v) is 4.74. The number of benzene rings is 2. The molecule has 20 heavy (non-hydrogen) atoms. The van der Waals surface area contributed by atoms with Crippen LogP contribution in [0.3, 0.4) is 0 Å². The first-order chi connectivity index (χ1) is 9.69. The van der Waals surface area contributed by atoms with Gasteiger partial charge < -0.3 is 15.2 Å². The lowest BCUT2D eigenvalue weighted by Gasteiger charge is -2.10. The topological polar surface area (TPSA) is 44.5 Å². The molecule has 106 valence electrons. The van der Waals surface area contributed by atoms with Crippen LogP contribution in [0.25, 0.3) is 0 Å². The minimum atomic E-state index is 0.475. The van der Waals surface area contributed by atoms with Crippen LogP contribution >= 0.6 is 0 Å². The van der Waals surface area contributed by atoms with Crippen LogP contribution in [0, 0.1) is 6.92 Å². The number of ether oxygens (including phenoxy) is 2. The number of nitrogens with two attached hydrogens (primary N) is 1. The minimum Gasteiger partial charge on any atom is -0.490 e. The van der Waals surface area contributed by atoms with E-state index in [1.54, 1.807) is 0 Å². The van der Waals surface area contributed by atoms with Crippen molar-refractivity contribution in [3.8, 4) is 11.5 Å². The van der Waals surface area contributed by atoms with E-state index in [0.717, 1.165) is 17.7 Å². The smallest absolute Gasteiger partial charge is 0.142 e. The van der Waals surface area contributed by atoms with Gasteiger partial charge in [0, 0.05) is 0 Å². The van der Waals surface area contributed by atoms with Crippen LogP contribution in [0.1, 0.15) is 18.1 Å². The Morgan fingerprint density at radius 1 is 0.950 bits per heavy atom. The van der Waals surface area contributed by atoms with E-state index in [4.69, 9.17) is 15.2 Å². The molecule has 0 saturated carbocycles. The van der Waals surface area contributed by atoms with Gasteiger partial charge in [-0.1, -0.05) is 25.1 Å². The standard InChI is InChI=1S/C17H21NO2/c1-3-14-5-7-15(8-6-14)19-10-11-20-17-9-4-13(2)12-16(17)18/h4-9,12H,3,10-11,18H2,1-2H3. The molecule has 2 aromatic rings. The average Bonchev–Trinajstić information content (AvgIpc) is 2.46. The van der Waals surface area contributed by atoms with Gasteiger partial charge in [-0.15, -0.1) is 0 Å². The average molecular weight is 271 g/mol. The first-order valence-electron chi connectivity index (χ1n) is 6.89. The molecular weight excluding hydrogens is 250 g/mol. The molecule has 0 bridgehead atoms. The van der Waals surface area contributed by atoms with Crippen LogP contribution in [0.2, 0.25) is 0 Å². The van der Waals surface area contributed by atoms with Gasteiger partial charge >= 0.3 is 0 Å². The molecule has 0 saturated heterocycles. The Bertz CT molecular complexity index is 549. The third-order valence-electron chi connectivity index (χ3n) is 3.11. The molecule has 0 amide bonds. The third-order valence-corrected chi connectivity index (χ3v) is 3.11. The number of rotatable bonds is 6. The van der Waals surface area contributed by atoms with Crippen LogP contribution in [-0.4, -0.2) is 13.2 Å². The Balaban J connectivity index is 1.78. The highest BCUT2D eigenvalue weighted by molar-refractivity contribution is 5.53. The molecule has 0 atom stereocenters. The summed E-state index contributed by atoms with van der Waals surface area (Å²) in [4.78, 5) is 0. The van der Waals surface area contributed by atoms with Gasteiger partial charge in [0.05, 0.1) is 5.69 Å². The van der Waals surface area contributed by atoms with Gasteiger partial charge in [-0.25, -0.2) is 0 Å². The molecule has 0 fully saturated rings. The Hall–Kier alpha value is -2.16. The Morgan fingerprint density at radius 3 is 2.30 bits per heavy atom. The second-order valence-electron chi connectivity index (χ2n) is 4.74. The summed E-state index contributed by atoms with van der Waals surface area (Å²) in [5, 5.41) is 0. The van der Waals surface area contributed by atoms with Gasteiger partial charge in [0.15, 0.2) is 0 Å².